The molecule has 1 aliphatic carbocycles. The molecule has 0 bridgehead atoms. The number of thiazole rings is 1. The largest absolute Gasteiger partial charge is 0.454 e. The minimum Gasteiger partial charge on any atom is -0.454 e. The van der Waals surface area contributed by atoms with Gasteiger partial charge in [0.05, 0.1) is 16.8 Å². The van der Waals surface area contributed by atoms with Gasteiger partial charge < -0.3 is 14.8 Å². The van der Waals surface area contributed by atoms with E-state index in [2.05, 4.69) is 17.2 Å². The molecule has 3 rings (SSSR count). The molecule has 2 atom stereocenters. The van der Waals surface area contributed by atoms with E-state index in [1.54, 1.807) is 0 Å². The highest BCUT2D eigenvalue weighted by atomic mass is 32.1. The third-order valence-electron chi connectivity index (χ3n) is 4.61. The zero-order valence-corrected chi connectivity index (χ0v) is 15.7. The van der Waals surface area contributed by atoms with Crippen molar-refractivity contribution in [2.24, 2.45) is 5.92 Å². The molecule has 1 aliphatic rings. The topological polar surface area (TPSA) is 77.5 Å². The zero-order chi connectivity index (χ0) is 18.4. The van der Waals surface area contributed by atoms with Crippen LogP contribution in [0.2, 0.25) is 0 Å². The van der Waals surface area contributed by atoms with Crippen LogP contribution < -0.4 is 5.32 Å². The summed E-state index contributed by atoms with van der Waals surface area (Å²) in [5.41, 5.74) is 0.923. The summed E-state index contributed by atoms with van der Waals surface area (Å²) >= 11 is 1.53. The molecule has 0 radical (unpaired) electrons. The van der Waals surface area contributed by atoms with Gasteiger partial charge in [0, 0.05) is 6.04 Å². The van der Waals surface area contributed by atoms with Gasteiger partial charge in [-0.1, -0.05) is 31.9 Å². The summed E-state index contributed by atoms with van der Waals surface area (Å²) in [7, 11) is 0. The molecular weight excluding hydrogens is 352 g/mol. The van der Waals surface area contributed by atoms with Crippen LogP contribution in [0.3, 0.4) is 0 Å². The summed E-state index contributed by atoms with van der Waals surface area (Å²) in [6.45, 7) is 1.95. The molecule has 0 saturated heterocycles. The number of hydrogen-bond donors (Lipinski definition) is 1. The summed E-state index contributed by atoms with van der Waals surface area (Å²) in [4.78, 5) is 28.1. The standard InChI is InChI=1S/C19H24N2O4S/c1-13-6-2-3-7-14(13)20-17(22)10-25-19(23)12-24-11-18-21-15-8-4-5-9-16(15)26-18/h4-5,8-9,13-14H,2-3,6-7,10-12H2,1H3,(H,20,22)/t13-,14+/m1/s1. The molecule has 140 valence electrons. The number of ether oxygens (including phenoxy) is 2. The molecular formula is C19H24N2O4S. The zero-order valence-electron chi connectivity index (χ0n) is 14.9. The number of fused-ring (bicyclic) bond motifs is 1. The van der Waals surface area contributed by atoms with Crippen molar-refractivity contribution in [1.29, 1.82) is 0 Å². The van der Waals surface area contributed by atoms with E-state index >= 15 is 0 Å². The number of esters is 1. The quantitative estimate of drug-likeness (QED) is 0.752. The molecule has 2 aromatic rings. The van der Waals surface area contributed by atoms with Crippen LogP contribution in [0.4, 0.5) is 0 Å². The third kappa shape index (κ3) is 5.25. The normalized spacial score (nSPS) is 20.0. The van der Waals surface area contributed by atoms with Gasteiger partial charge in [0.25, 0.3) is 5.91 Å². The van der Waals surface area contributed by atoms with Gasteiger partial charge in [-0.25, -0.2) is 9.78 Å². The molecule has 0 aliphatic heterocycles. The van der Waals surface area contributed by atoms with Crippen LogP contribution in [0.25, 0.3) is 10.2 Å². The number of rotatable bonds is 7. The fourth-order valence-corrected chi connectivity index (χ4v) is 4.08. The fourth-order valence-electron chi connectivity index (χ4n) is 3.17. The Hall–Kier alpha value is -1.99. The van der Waals surface area contributed by atoms with Gasteiger partial charge in [-0.2, -0.15) is 0 Å². The van der Waals surface area contributed by atoms with Gasteiger partial charge in [-0.3, -0.25) is 4.79 Å². The lowest BCUT2D eigenvalue weighted by Gasteiger charge is -2.29. The van der Waals surface area contributed by atoms with Crippen LogP contribution in [-0.2, 0) is 25.7 Å². The predicted octanol–water partition coefficient (Wildman–Crippen LogP) is 3.05. The van der Waals surface area contributed by atoms with Crippen molar-refractivity contribution in [1.82, 2.24) is 10.3 Å². The first-order valence-corrected chi connectivity index (χ1v) is 9.80. The van der Waals surface area contributed by atoms with E-state index in [-0.39, 0.29) is 31.8 Å². The molecule has 7 heteroatoms. The number of hydrogen-bond acceptors (Lipinski definition) is 6. The van der Waals surface area contributed by atoms with Crippen LogP contribution in [0.5, 0.6) is 0 Å². The Balaban J connectivity index is 1.34. The van der Waals surface area contributed by atoms with E-state index < -0.39 is 5.97 Å². The predicted molar refractivity (Wildman–Crippen MR) is 99.8 cm³/mol. The smallest absolute Gasteiger partial charge is 0.332 e. The second-order valence-corrected chi connectivity index (χ2v) is 7.78. The van der Waals surface area contributed by atoms with Crippen LogP contribution >= 0.6 is 11.3 Å². The highest BCUT2D eigenvalue weighted by Gasteiger charge is 2.23. The summed E-state index contributed by atoms with van der Waals surface area (Å²) in [6.07, 6.45) is 4.47. The number of nitrogens with zero attached hydrogens (tertiary/aromatic N) is 1. The SMILES string of the molecule is C[C@@H]1CCCC[C@@H]1NC(=O)COC(=O)COCc1nc2ccccc2s1. The lowest BCUT2D eigenvalue weighted by atomic mass is 9.86. The number of nitrogens with one attached hydrogen (secondary N) is 1. The average Bonchev–Trinajstić information content (AvgIpc) is 3.05. The van der Waals surface area contributed by atoms with Gasteiger partial charge in [0.2, 0.25) is 0 Å². The van der Waals surface area contributed by atoms with Crippen LogP contribution in [0, 0.1) is 5.92 Å². The van der Waals surface area contributed by atoms with Crippen molar-refractivity contribution in [2.45, 2.75) is 45.3 Å². The lowest BCUT2D eigenvalue weighted by molar-refractivity contribution is -0.153. The number of benzene rings is 1. The van der Waals surface area contributed by atoms with Crippen LogP contribution in [0.1, 0.15) is 37.6 Å². The van der Waals surface area contributed by atoms with Gasteiger partial charge in [0.1, 0.15) is 11.6 Å². The van der Waals surface area contributed by atoms with Crippen molar-refractivity contribution in [3.8, 4) is 0 Å². The van der Waals surface area contributed by atoms with Crippen molar-refractivity contribution in [2.75, 3.05) is 13.2 Å². The molecule has 1 aromatic carbocycles. The van der Waals surface area contributed by atoms with Crippen molar-refractivity contribution in [3.63, 3.8) is 0 Å². The lowest BCUT2D eigenvalue weighted by Crippen LogP contribution is -2.43. The summed E-state index contributed by atoms with van der Waals surface area (Å²) < 4.78 is 11.4. The van der Waals surface area contributed by atoms with Gasteiger partial charge in [0.15, 0.2) is 6.61 Å². The van der Waals surface area contributed by atoms with E-state index in [0.29, 0.717) is 5.92 Å². The summed E-state index contributed by atoms with van der Waals surface area (Å²) in [6, 6.07) is 8.02. The van der Waals surface area contributed by atoms with E-state index in [1.807, 2.05) is 24.3 Å². The Kier molecular flexibility index (Phi) is 6.57. The van der Waals surface area contributed by atoms with Gasteiger partial charge in [-0.15, -0.1) is 11.3 Å². The first-order chi connectivity index (χ1) is 12.6. The van der Waals surface area contributed by atoms with E-state index in [0.717, 1.165) is 34.5 Å². The number of amides is 1. The number of aromatic nitrogens is 1. The molecule has 1 aromatic heterocycles. The molecule has 26 heavy (non-hydrogen) atoms. The van der Waals surface area contributed by atoms with Crippen LogP contribution in [-0.4, -0.2) is 36.1 Å². The monoisotopic (exact) mass is 376 g/mol. The Labute approximate surface area is 156 Å². The Morgan fingerprint density at radius 2 is 2.04 bits per heavy atom. The maximum absolute atomic E-state index is 11.9. The van der Waals surface area contributed by atoms with Crippen molar-refractivity contribution < 1.29 is 19.1 Å². The second kappa shape index (κ2) is 9.09. The maximum Gasteiger partial charge on any atom is 0.332 e. The second-order valence-electron chi connectivity index (χ2n) is 6.66. The highest BCUT2D eigenvalue weighted by molar-refractivity contribution is 7.18. The van der Waals surface area contributed by atoms with Crippen molar-refractivity contribution >= 4 is 33.4 Å². The Bertz CT molecular complexity index is 728. The highest BCUT2D eigenvalue weighted by Crippen LogP contribution is 2.23. The molecule has 1 amide bonds. The first-order valence-electron chi connectivity index (χ1n) is 8.99. The average molecular weight is 376 g/mol. The van der Waals surface area contributed by atoms with Crippen molar-refractivity contribution in [3.05, 3.63) is 29.3 Å². The van der Waals surface area contributed by atoms with Gasteiger partial charge >= 0.3 is 5.97 Å². The number of carbonyl (C=O) groups is 2. The molecule has 0 spiro atoms. The minimum atomic E-state index is -0.544. The fraction of sp³-hybridized carbons (Fsp3) is 0.526. The molecule has 1 fully saturated rings. The number of para-hydroxylation sites is 1. The Morgan fingerprint density at radius 1 is 1.23 bits per heavy atom. The maximum atomic E-state index is 11.9. The molecule has 0 unspecified atom stereocenters. The van der Waals surface area contributed by atoms with Crippen LogP contribution in [0.15, 0.2) is 24.3 Å². The van der Waals surface area contributed by atoms with E-state index in [9.17, 15) is 9.59 Å². The summed E-state index contributed by atoms with van der Waals surface area (Å²) in [5.74, 6) is -0.318. The molecule has 6 nitrogen and oxygen atoms in total. The summed E-state index contributed by atoms with van der Waals surface area (Å²) in [5, 5.41) is 3.76. The number of carbonyl (C=O) groups excluding carboxylic acids is 2. The molecule has 1 saturated carbocycles. The Morgan fingerprint density at radius 3 is 2.85 bits per heavy atom. The molecule has 1 heterocycles. The third-order valence-corrected chi connectivity index (χ3v) is 5.62. The molecule has 1 N–H and O–H groups in total. The first kappa shape index (κ1) is 18.8. The van der Waals surface area contributed by atoms with E-state index in [4.69, 9.17) is 9.47 Å². The minimum absolute atomic E-state index is 0.185. The van der Waals surface area contributed by atoms with Gasteiger partial charge in [-0.05, 0) is 30.9 Å². The van der Waals surface area contributed by atoms with E-state index in [1.165, 1.54) is 17.8 Å².